The molecular formula is C29H45NO3. The third-order valence-electron chi connectivity index (χ3n) is 5.77. The number of benzene rings is 1. The molecule has 0 saturated carbocycles. The first-order valence-corrected chi connectivity index (χ1v) is 13.0. The molecule has 0 aromatic heterocycles. The minimum absolute atomic E-state index is 0.166. The molecular weight excluding hydrogens is 410 g/mol. The van der Waals surface area contributed by atoms with Crippen molar-refractivity contribution in [2.24, 2.45) is 0 Å². The van der Waals surface area contributed by atoms with Gasteiger partial charge < -0.3 is 10.4 Å². The lowest BCUT2D eigenvalue weighted by atomic mass is 10.0. The molecule has 0 aliphatic rings. The maximum atomic E-state index is 12.1. The number of unbranched alkanes of at least 4 members (excludes halogenated alkanes) is 10. The summed E-state index contributed by atoms with van der Waals surface area (Å²) in [5, 5.41) is 12.1. The van der Waals surface area contributed by atoms with Gasteiger partial charge in [0.1, 0.15) is 6.04 Å². The number of carbonyl (C=O) groups excluding carboxylic acids is 1. The number of amides is 1. The lowest BCUT2D eigenvalue weighted by Gasteiger charge is -2.14. The van der Waals surface area contributed by atoms with Crippen molar-refractivity contribution in [3.63, 3.8) is 0 Å². The lowest BCUT2D eigenvalue weighted by Crippen LogP contribution is -2.42. The summed E-state index contributed by atoms with van der Waals surface area (Å²) in [5.41, 5.74) is 0.912. The lowest BCUT2D eigenvalue weighted by molar-refractivity contribution is -0.141. The summed E-state index contributed by atoms with van der Waals surface area (Å²) in [4.78, 5) is 23.6. The Hall–Kier alpha value is -2.36. The quantitative estimate of drug-likeness (QED) is 0.159. The number of carboxylic acid groups (broad SMARTS) is 1. The average Bonchev–Trinajstić information content (AvgIpc) is 2.81. The van der Waals surface area contributed by atoms with Gasteiger partial charge in [0.05, 0.1) is 0 Å². The number of allylic oxidation sites excluding steroid dienone is 4. The second kappa shape index (κ2) is 20.3. The standard InChI is InChI=1S/C29H45NO3/c1-2-3-4-5-6-7-8-9-10-11-12-13-14-15-16-17-21-24-28(31)30-27(29(32)33)25-26-22-19-18-20-23-26/h6-7,9-10,18-20,22-23,27H,2-5,8,11-17,21,24-25H2,1H3,(H,30,31)(H,32,33)/b7-6-,10-9-/t27-/m0/s1. The van der Waals surface area contributed by atoms with Crippen LogP contribution in [-0.2, 0) is 16.0 Å². The Labute approximate surface area is 201 Å². The van der Waals surface area contributed by atoms with E-state index >= 15 is 0 Å². The van der Waals surface area contributed by atoms with Gasteiger partial charge >= 0.3 is 5.97 Å². The summed E-state index contributed by atoms with van der Waals surface area (Å²) in [5.74, 6) is -1.15. The predicted molar refractivity (Wildman–Crippen MR) is 138 cm³/mol. The molecule has 184 valence electrons. The number of nitrogens with one attached hydrogen (secondary N) is 1. The SMILES string of the molecule is CCCCC/C=C\C/C=C\CCCCCCCCCC(=O)N[C@@H](Cc1ccccc1)C(=O)O. The summed E-state index contributed by atoms with van der Waals surface area (Å²) in [6.45, 7) is 2.24. The van der Waals surface area contributed by atoms with Crippen LogP contribution in [0.4, 0.5) is 0 Å². The second-order valence-corrected chi connectivity index (χ2v) is 8.84. The third kappa shape index (κ3) is 16.9. The zero-order chi connectivity index (χ0) is 24.0. The Bertz CT molecular complexity index is 681. The van der Waals surface area contributed by atoms with Crippen LogP contribution in [0.5, 0.6) is 0 Å². The maximum absolute atomic E-state index is 12.1. The normalized spacial score (nSPS) is 12.4. The monoisotopic (exact) mass is 455 g/mol. The minimum atomic E-state index is -0.985. The van der Waals surface area contributed by atoms with Gasteiger partial charge in [-0.15, -0.1) is 0 Å². The number of hydrogen-bond acceptors (Lipinski definition) is 2. The molecule has 0 unspecified atom stereocenters. The Kier molecular flexibility index (Phi) is 17.6. The Morgan fingerprint density at radius 1 is 0.818 bits per heavy atom. The van der Waals surface area contributed by atoms with Gasteiger partial charge in [-0.2, -0.15) is 0 Å². The molecule has 0 aliphatic carbocycles. The zero-order valence-corrected chi connectivity index (χ0v) is 20.6. The van der Waals surface area contributed by atoms with Crippen LogP contribution in [0.1, 0.15) is 102 Å². The Balaban J connectivity index is 1.97. The maximum Gasteiger partial charge on any atom is 0.326 e. The van der Waals surface area contributed by atoms with E-state index in [1.54, 1.807) is 0 Å². The average molecular weight is 456 g/mol. The van der Waals surface area contributed by atoms with Gasteiger partial charge in [0.25, 0.3) is 0 Å². The van der Waals surface area contributed by atoms with Gasteiger partial charge in [-0.05, 0) is 44.1 Å². The topological polar surface area (TPSA) is 66.4 Å². The first-order valence-electron chi connectivity index (χ1n) is 13.0. The van der Waals surface area contributed by atoms with Crippen molar-refractivity contribution in [2.45, 2.75) is 109 Å². The summed E-state index contributed by atoms with van der Waals surface area (Å²) in [7, 11) is 0. The molecule has 1 atom stereocenters. The molecule has 1 aromatic rings. The van der Waals surface area contributed by atoms with E-state index < -0.39 is 12.0 Å². The largest absolute Gasteiger partial charge is 0.480 e. The summed E-state index contributed by atoms with van der Waals surface area (Å²) >= 11 is 0. The van der Waals surface area contributed by atoms with E-state index in [9.17, 15) is 14.7 Å². The van der Waals surface area contributed by atoms with Crippen LogP contribution in [0, 0.1) is 0 Å². The van der Waals surface area contributed by atoms with Crippen LogP contribution >= 0.6 is 0 Å². The van der Waals surface area contributed by atoms with Gasteiger partial charge in [-0.25, -0.2) is 4.79 Å². The van der Waals surface area contributed by atoms with E-state index in [1.165, 1.54) is 51.4 Å². The third-order valence-corrected chi connectivity index (χ3v) is 5.77. The molecule has 1 amide bonds. The second-order valence-electron chi connectivity index (χ2n) is 8.84. The molecule has 0 bridgehead atoms. The fourth-order valence-corrected chi connectivity index (χ4v) is 3.77. The van der Waals surface area contributed by atoms with Gasteiger partial charge in [-0.1, -0.05) is 107 Å². The highest BCUT2D eigenvalue weighted by Gasteiger charge is 2.19. The van der Waals surface area contributed by atoms with Gasteiger partial charge in [0.15, 0.2) is 0 Å². The van der Waals surface area contributed by atoms with Crippen molar-refractivity contribution >= 4 is 11.9 Å². The molecule has 33 heavy (non-hydrogen) atoms. The number of aliphatic carboxylic acids is 1. The fourth-order valence-electron chi connectivity index (χ4n) is 3.77. The van der Waals surface area contributed by atoms with Gasteiger partial charge in [-0.3, -0.25) is 4.79 Å². The highest BCUT2D eigenvalue weighted by molar-refractivity contribution is 5.83. The van der Waals surface area contributed by atoms with Crippen molar-refractivity contribution in [2.75, 3.05) is 0 Å². The predicted octanol–water partition coefficient (Wildman–Crippen LogP) is 7.39. The first kappa shape index (κ1) is 28.7. The molecule has 4 heteroatoms. The van der Waals surface area contributed by atoms with Crippen LogP contribution in [0.2, 0.25) is 0 Å². The van der Waals surface area contributed by atoms with E-state index in [1.807, 2.05) is 30.3 Å². The summed E-state index contributed by atoms with van der Waals surface area (Å²) in [6, 6.07) is 8.54. The van der Waals surface area contributed by atoms with Crippen molar-refractivity contribution in [1.82, 2.24) is 5.32 Å². The van der Waals surface area contributed by atoms with Gasteiger partial charge in [0.2, 0.25) is 5.91 Å². The molecule has 0 saturated heterocycles. The molecule has 1 rings (SSSR count). The minimum Gasteiger partial charge on any atom is -0.480 e. The molecule has 0 aliphatic heterocycles. The van der Waals surface area contributed by atoms with Crippen molar-refractivity contribution in [3.05, 3.63) is 60.2 Å². The summed E-state index contributed by atoms with van der Waals surface area (Å²) < 4.78 is 0. The number of carbonyl (C=O) groups is 2. The van der Waals surface area contributed by atoms with E-state index in [0.29, 0.717) is 12.8 Å². The molecule has 0 spiro atoms. The highest BCUT2D eigenvalue weighted by Crippen LogP contribution is 2.11. The smallest absolute Gasteiger partial charge is 0.326 e. The van der Waals surface area contributed by atoms with E-state index in [-0.39, 0.29) is 5.91 Å². The van der Waals surface area contributed by atoms with Crippen LogP contribution in [0.25, 0.3) is 0 Å². The number of hydrogen-bond donors (Lipinski definition) is 2. The first-order chi connectivity index (χ1) is 16.1. The van der Waals surface area contributed by atoms with Crippen molar-refractivity contribution in [3.8, 4) is 0 Å². The number of rotatable bonds is 20. The van der Waals surface area contributed by atoms with Crippen molar-refractivity contribution < 1.29 is 14.7 Å². The van der Waals surface area contributed by atoms with Gasteiger partial charge in [0, 0.05) is 12.8 Å². The van der Waals surface area contributed by atoms with E-state index in [4.69, 9.17) is 0 Å². The van der Waals surface area contributed by atoms with Crippen LogP contribution in [0.3, 0.4) is 0 Å². The molecule has 0 heterocycles. The Morgan fingerprint density at radius 2 is 1.39 bits per heavy atom. The molecule has 2 N–H and O–H groups in total. The summed E-state index contributed by atoms with van der Waals surface area (Å²) in [6.07, 6.45) is 25.2. The molecule has 0 radical (unpaired) electrons. The van der Waals surface area contributed by atoms with Crippen molar-refractivity contribution in [1.29, 1.82) is 0 Å². The zero-order valence-electron chi connectivity index (χ0n) is 20.6. The van der Waals surface area contributed by atoms with Crippen LogP contribution in [-0.4, -0.2) is 23.0 Å². The highest BCUT2D eigenvalue weighted by atomic mass is 16.4. The van der Waals surface area contributed by atoms with Crippen LogP contribution in [0.15, 0.2) is 54.6 Å². The Morgan fingerprint density at radius 3 is 2.00 bits per heavy atom. The molecule has 1 aromatic carbocycles. The molecule has 4 nitrogen and oxygen atoms in total. The van der Waals surface area contributed by atoms with E-state index in [2.05, 4.69) is 36.5 Å². The van der Waals surface area contributed by atoms with E-state index in [0.717, 1.165) is 37.7 Å². The number of carboxylic acids is 1. The van der Waals surface area contributed by atoms with Crippen LogP contribution < -0.4 is 5.32 Å². The molecule has 0 fully saturated rings. The fraction of sp³-hybridized carbons (Fsp3) is 0.586.